The van der Waals surface area contributed by atoms with Crippen LogP contribution < -0.4 is 10.1 Å². The highest BCUT2D eigenvalue weighted by atomic mass is 19.1. The number of carboxylic acids is 1. The lowest BCUT2D eigenvalue weighted by Gasteiger charge is -2.19. The third-order valence-electron chi connectivity index (χ3n) is 2.71. The average molecular weight is 286 g/mol. The molecule has 0 fully saturated rings. The summed E-state index contributed by atoms with van der Waals surface area (Å²) in [6, 6.07) is 0.752. The molecule has 1 atom stereocenters. The van der Waals surface area contributed by atoms with Crippen LogP contribution >= 0.6 is 0 Å². The fraction of sp³-hybridized carbons (Fsp3) is 0.417. The summed E-state index contributed by atoms with van der Waals surface area (Å²) in [5.74, 6) is -2.50. The number of methoxy groups -OCH3 is 1. The first-order valence-electron chi connectivity index (χ1n) is 5.79. The lowest BCUT2D eigenvalue weighted by molar-refractivity contribution is -0.385. The van der Waals surface area contributed by atoms with Crippen molar-refractivity contribution in [3.05, 3.63) is 28.1 Å². The summed E-state index contributed by atoms with van der Waals surface area (Å²) in [7, 11) is 1.21. The zero-order valence-electron chi connectivity index (χ0n) is 11.2. The van der Waals surface area contributed by atoms with E-state index >= 15 is 0 Å². The fourth-order valence-corrected chi connectivity index (χ4v) is 1.64. The van der Waals surface area contributed by atoms with E-state index in [9.17, 15) is 19.3 Å². The quantitative estimate of drug-likeness (QED) is 0.614. The molecule has 0 heterocycles. The van der Waals surface area contributed by atoms with Crippen LogP contribution in [-0.2, 0) is 4.79 Å². The van der Waals surface area contributed by atoms with E-state index < -0.39 is 28.4 Å². The molecule has 8 heteroatoms. The van der Waals surface area contributed by atoms with Crippen LogP contribution in [0.5, 0.6) is 5.75 Å². The highest BCUT2D eigenvalue weighted by molar-refractivity contribution is 5.78. The summed E-state index contributed by atoms with van der Waals surface area (Å²) >= 11 is 0. The van der Waals surface area contributed by atoms with Crippen LogP contribution in [-0.4, -0.2) is 29.2 Å². The molecule has 20 heavy (non-hydrogen) atoms. The van der Waals surface area contributed by atoms with E-state index in [0.717, 1.165) is 6.07 Å². The monoisotopic (exact) mass is 286 g/mol. The maximum atomic E-state index is 13.8. The Bertz CT molecular complexity index is 533. The van der Waals surface area contributed by atoms with Gasteiger partial charge in [-0.1, -0.05) is 13.8 Å². The van der Waals surface area contributed by atoms with Crippen molar-refractivity contribution in [2.24, 2.45) is 5.92 Å². The van der Waals surface area contributed by atoms with E-state index in [0.29, 0.717) is 6.07 Å². The number of nitrogens with one attached hydrogen (secondary N) is 1. The van der Waals surface area contributed by atoms with Crippen molar-refractivity contribution >= 4 is 17.3 Å². The maximum Gasteiger partial charge on any atom is 0.326 e. The number of nitro groups is 1. The number of hydrogen-bond acceptors (Lipinski definition) is 5. The maximum absolute atomic E-state index is 13.8. The van der Waals surface area contributed by atoms with Crippen LogP contribution in [0.1, 0.15) is 13.8 Å². The molecule has 0 unspecified atom stereocenters. The summed E-state index contributed by atoms with van der Waals surface area (Å²) in [5.41, 5.74) is -0.680. The summed E-state index contributed by atoms with van der Waals surface area (Å²) in [4.78, 5) is 21.0. The number of anilines is 1. The van der Waals surface area contributed by atoms with Gasteiger partial charge in [-0.25, -0.2) is 9.18 Å². The summed E-state index contributed by atoms with van der Waals surface area (Å²) in [6.07, 6.45) is 0. The first kappa shape index (κ1) is 15.7. The van der Waals surface area contributed by atoms with Crippen LogP contribution in [0.3, 0.4) is 0 Å². The predicted molar refractivity (Wildman–Crippen MR) is 69.5 cm³/mol. The minimum Gasteiger partial charge on any atom is -0.490 e. The average Bonchev–Trinajstić information content (AvgIpc) is 2.35. The molecule has 110 valence electrons. The van der Waals surface area contributed by atoms with E-state index in [4.69, 9.17) is 9.84 Å². The Balaban J connectivity index is 3.19. The van der Waals surface area contributed by atoms with Gasteiger partial charge in [0.2, 0.25) is 0 Å². The first-order valence-corrected chi connectivity index (χ1v) is 5.79. The van der Waals surface area contributed by atoms with Gasteiger partial charge in [-0.15, -0.1) is 0 Å². The van der Waals surface area contributed by atoms with Gasteiger partial charge in [0, 0.05) is 6.07 Å². The normalized spacial score (nSPS) is 12.1. The summed E-state index contributed by atoms with van der Waals surface area (Å²) in [5, 5.41) is 22.3. The lowest BCUT2D eigenvalue weighted by atomic mass is 10.0. The number of nitrogens with zero attached hydrogens (tertiary/aromatic N) is 1. The second-order valence-corrected chi connectivity index (χ2v) is 4.47. The number of rotatable bonds is 6. The number of aliphatic carboxylic acids is 1. The summed E-state index contributed by atoms with van der Waals surface area (Å²) < 4.78 is 18.6. The van der Waals surface area contributed by atoms with Crippen molar-refractivity contribution < 1.29 is 24.0 Å². The Kier molecular flexibility index (Phi) is 4.84. The molecule has 0 amide bonds. The molecule has 0 aliphatic heterocycles. The third kappa shape index (κ3) is 3.34. The van der Waals surface area contributed by atoms with Crippen LogP contribution in [0, 0.1) is 21.8 Å². The Labute approximate surface area is 114 Å². The van der Waals surface area contributed by atoms with Gasteiger partial charge in [0.05, 0.1) is 23.8 Å². The standard InChI is InChI=1S/C12H15FN2O5/c1-6(2)11(12(16)17)14-8-5-10(20-3)9(15(18)19)4-7(8)13/h4-6,11,14H,1-3H3,(H,16,17)/t11-/m1/s1. The minimum atomic E-state index is -1.14. The van der Waals surface area contributed by atoms with Crippen molar-refractivity contribution in [3.63, 3.8) is 0 Å². The molecule has 1 aromatic rings. The van der Waals surface area contributed by atoms with Gasteiger partial charge in [0.15, 0.2) is 11.6 Å². The topological polar surface area (TPSA) is 102 Å². The third-order valence-corrected chi connectivity index (χ3v) is 2.71. The van der Waals surface area contributed by atoms with Gasteiger partial charge < -0.3 is 15.2 Å². The Morgan fingerprint density at radius 3 is 2.50 bits per heavy atom. The zero-order chi connectivity index (χ0) is 15.4. The van der Waals surface area contributed by atoms with Crippen LogP contribution in [0.25, 0.3) is 0 Å². The van der Waals surface area contributed by atoms with Gasteiger partial charge in [0.1, 0.15) is 6.04 Å². The van der Waals surface area contributed by atoms with Gasteiger partial charge in [-0.2, -0.15) is 0 Å². The molecule has 1 rings (SSSR count). The second kappa shape index (κ2) is 6.18. The number of hydrogen-bond donors (Lipinski definition) is 2. The van der Waals surface area contributed by atoms with Crippen molar-refractivity contribution in [2.75, 3.05) is 12.4 Å². The van der Waals surface area contributed by atoms with E-state index in [1.165, 1.54) is 7.11 Å². The molecule has 0 spiro atoms. The van der Waals surface area contributed by atoms with Gasteiger partial charge >= 0.3 is 11.7 Å². The summed E-state index contributed by atoms with van der Waals surface area (Å²) in [6.45, 7) is 3.32. The number of ether oxygens (including phenoxy) is 1. The SMILES string of the molecule is COc1cc(N[C@@H](C(=O)O)C(C)C)c(F)cc1[N+](=O)[O-]. The number of nitro benzene ring substituents is 1. The van der Waals surface area contributed by atoms with Crippen molar-refractivity contribution in [1.29, 1.82) is 0 Å². The van der Waals surface area contributed by atoms with Crippen LogP contribution in [0.2, 0.25) is 0 Å². The molecule has 0 saturated carbocycles. The molecule has 7 nitrogen and oxygen atoms in total. The fourth-order valence-electron chi connectivity index (χ4n) is 1.64. The smallest absolute Gasteiger partial charge is 0.326 e. The molecular weight excluding hydrogens is 271 g/mol. The number of carbonyl (C=O) groups is 1. The highest BCUT2D eigenvalue weighted by Crippen LogP contribution is 2.32. The Morgan fingerprint density at radius 2 is 2.10 bits per heavy atom. The molecule has 0 aromatic heterocycles. The van der Waals surface area contributed by atoms with Crippen molar-refractivity contribution in [1.82, 2.24) is 0 Å². The van der Waals surface area contributed by atoms with E-state index in [1.54, 1.807) is 13.8 Å². The molecule has 0 radical (unpaired) electrons. The van der Waals surface area contributed by atoms with E-state index in [2.05, 4.69) is 5.32 Å². The molecule has 0 saturated heterocycles. The van der Waals surface area contributed by atoms with Crippen LogP contribution in [0.15, 0.2) is 12.1 Å². The van der Waals surface area contributed by atoms with Gasteiger partial charge in [-0.3, -0.25) is 10.1 Å². The predicted octanol–water partition coefficient (Wildman–Crippen LogP) is 2.26. The lowest BCUT2D eigenvalue weighted by Crippen LogP contribution is -2.34. The highest BCUT2D eigenvalue weighted by Gasteiger charge is 2.25. The minimum absolute atomic E-state index is 0.146. The Hall–Kier alpha value is -2.38. The second-order valence-electron chi connectivity index (χ2n) is 4.47. The number of carboxylic acid groups (broad SMARTS) is 1. The number of halogens is 1. The molecule has 1 aromatic carbocycles. The zero-order valence-corrected chi connectivity index (χ0v) is 11.2. The molecular formula is C12H15FN2O5. The largest absolute Gasteiger partial charge is 0.490 e. The molecule has 2 N–H and O–H groups in total. The molecule has 0 aliphatic carbocycles. The van der Waals surface area contributed by atoms with Crippen molar-refractivity contribution in [2.45, 2.75) is 19.9 Å². The van der Waals surface area contributed by atoms with Crippen molar-refractivity contribution in [3.8, 4) is 5.75 Å². The Morgan fingerprint density at radius 1 is 1.50 bits per heavy atom. The number of benzene rings is 1. The van der Waals surface area contributed by atoms with E-state index in [-0.39, 0.29) is 17.4 Å². The van der Waals surface area contributed by atoms with E-state index in [1.807, 2.05) is 0 Å². The molecule has 0 aliphatic rings. The molecule has 0 bridgehead atoms. The first-order chi connectivity index (χ1) is 9.27. The van der Waals surface area contributed by atoms with Gasteiger partial charge in [0.25, 0.3) is 0 Å². The van der Waals surface area contributed by atoms with Crippen LogP contribution in [0.4, 0.5) is 15.8 Å². The van der Waals surface area contributed by atoms with Gasteiger partial charge in [-0.05, 0) is 5.92 Å².